The van der Waals surface area contributed by atoms with Crippen molar-refractivity contribution in [2.75, 3.05) is 6.61 Å². The van der Waals surface area contributed by atoms with E-state index >= 15 is 0 Å². The second kappa shape index (κ2) is 7.93. The van der Waals surface area contributed by atoms with E-state index in [1.165, 1.54) is 23.8 Å². The minimum absolute atomic E-state index is 0.00157. The molecule has 6 nitrogen and oxygen atoms in total. The van der Waals surface area contributed by atoms with E-state index in [1.807, 2.05) is 24.3 Å². The molecule has 2 aromatic carbocycles. The lowest BCUT2D eigenvalue weighted by Crippen LogP contribution is -2.13. The molecule has 120 valence electrons. The van der Waals surface area contributed by atoms with Gasteiger partial charge in [-0.15, -0.1) is 0 Å². The van der Waals surface area contributed by atoms with Crippen molar-refractivity contribution in [3.63, 3.8) is 0 Å². The molecule has 0 fully saturated rings. The Morgan fingerprint density at radius 3 is 2.48 bits per heavy atom. The van der Waals surface area contributed by atoms with Gasteiger partial charge in [0.15, 0.2) is 0 Å². The van der Waals surface area contributed by atoms with Crippen molar-refractivity contribution in [2.45, 2.75) is 19.8 Å². The van der Waals surface area contributed by atoms with Crippen LogP contribution >= 0.6 is 0 Å². The van der Waals surface area contributed by atoms with Crippen molar-refractivity contribution in [1.29, 1.82) is 0 Å². The highest BCUT2D eigenvalue weighted by Gasteiger charge is 2.16. The van der Waals surface area contributed by atoms with Crippen LogP contribution in [0.4, 0.5) is 5.69 Å². The Bertz CT molecular complexity index is 682. The first-order chi connectivity index (χ1) is 11.1. The number of rotatable bonds is 7. The molecule has 6 heteroatoms. The monoisotopic (exact) mass is 315 g/mol. The first kappa shape index (κ1) is 16.5. The highest BCUT2D eigenvalue weighted by molar-refractivity contribution is 5.73. The summed E-state index contributed by atoms with van der Waals surface area (Å²) in [6.07, 6.45) is 0.948. The highest BCUT2D eigenvalue weighted by atomic mass is 16.6. The second-order valence-corrected chi connectivity index (χ2v) is 4.79. The summed E-state index contributed by atoms with van der Waals surface area (Å²) in [6.45, 7) is 2.21. The first-order valence-corrected chi connectivity index (χ1v) is 7.26. The van der Waals surface area contributed by atoms with Crippen molar-refractivity contribution in [1.82, 2.24) is 0 Å². The quantitative estimate of drug-likeness (QED) is 0.338. The fourth-order valence-electron chi connectivity index (χ4n) is 1.94. The van der Waals surface area contributed by atoms with Gasteiger partial charge in [-0.05, 0) is 30.2 Å². The summed E-state index contributed by atoms with van der Waals surface area (Å²) in [5.74, 6) is 0.0277. The Morgan fingerprint density at radius 2 is 1.83 bits per heavy atom. The maximum atomic E-state index is 11.8. The summed E-state index contributed by atoms with van der Waals surface area (Å²) in [7, 11) is 0. The maximum Gasteiger partial charge on any atom is 0.314 e. The minimum atomic E-state index is -0.589. The molecule has 0 saturated carbocycles. The lowest BCUT2D eigenvalue weighted by molar-refractivity contribution is -0.385. The van der Waals surface area contributed by atoms with E-state index in [4.69, 9.17) is 9.47 Å². The van der Waals surface area contributed by atoms with Crippen LogP contribution in [0, 0.1) is 10.1 Å². The van der Waals surface area contributed by atoms with E-state index in [0.717, 1.165) is 6.42 Å². The molecule has 0 aromatic heterocycles. The van der Waals surface area contributed by atoms with Crippen molar-refractivity contribution < 1.29 is 19.2 Å². The van der Waals surface area contributed by atoms with Crippen LogP contribution in [0.3, 0.4) is 0 Å². The SMILES string of the molecule is CCc1ccc(OCCC(=O)Oc2ccccc2[N+](=O)[O-])cc1. The highest BCUT2D eigenvalue weighted by Crippen LogP contribution is 2.26. The number of benzene rings is 2. The van der Waals surface area contributed by atoms with Crippen molar-refractivity contribution in [3.8, 4) is 11.5 Å². The Morgan fingerprint density at radius 1 is 1.13 bits per heavy atom. The molecule has 0 saturated heterocycles. The molecule has 0 N–H and O–H groups in total. The van der Waals surface area contributed by atoms with Crippen LogP contribution in [0.5, 0.6) is 11.5 Å². The Labute approximate surface area is 133 Å². The number of nitrogens with zero attached hydrogens (tertiary/aromatic N) is 1. The summed E-state index contributed by atoms with van der Waals surface area (Å²) in [5, 5.41) is 10.8. The number of esters is 1. The van der Waals surface area contributed by atoms with Gasteiger partial charge in [-0.2, -0.15) is 0 Å². The molecule has 0 bridgehead atoms. The molecule has 0 radical (unpaired) electrons. The van der Waals surface area contributed by atoms with Gasteiger partial charge >= 0.3 is 11.7 Å². The second-order valence-electron chi connectivity index (χ2n) is 4.79. The molecule has 2 rings (SSSR count). The van der Waals surface area contributed by atoms with Crippen LogP contribution in [0.15, 0.2) is 48.5 Å². The zero-order valence-electron chi connectivity index (χ0n) is 12.7. The van der Waals surface area contributed by atoms with Crippen LogP contribution < -0.4 is 9.47 Å². The fourth-order valence-corrected chi connectivity index (χ4v) is 1.94. The molecule has 0 amide bonds. The largest absolute Gasteiger partial charge is 0.493 e. The summed E-state index contributed by atoms with van der Waals surface area (Å²) in [6, 6.07) is 13.4. The number of para-hydroxylation sites is 2. The molecule has 0 heterocycles. The van der Waals surface area contributed by atoms with E-state index < -0.39 is 10.9 Å². The number of carbonyl (C=O) groups excluding carboxylic acids is 1. The number of carbonyl (C=O) groups is 1. The zero-order valence-corrected chi connectivity index (χ0v) is 12.7. The number of hydrogen-bond donors (Lipinski definition) is 0. The van der Waals surface area contributed by atoms with Crippen LogP contribution in [0.1, 0.15) is 18.9 Å². The fraction of sp³-hybridized carbons (Fsp3) is 0.235. The molecule has 23 heavy (non-hydrogen) atoms. The van der Waals surface area contributed by atoms with Crippen LogP contribution in [0.25, 0.3) is 0 Å². The maximum absolute atomic E-state index is 11.8. The van der Waals surface area contributed by atoms with E-state index in [9.17, 15) is 14.9 Å². The molecular weight excluding hydrogens is 298 g/mol. The molecular formula is C17H17NO5. The lowest BCUT2D eigenvalue weighted by atomic mass is 10.2. The summed E-state index contributed by atoms with van der Waals surface area (Å²) in [4.78, 5) is 22.0. The third-order valence-corrected chi connectivity index (χ3v) is 3.19. The van der Waals surface area contributed by atoms with Crippen LogP contribution in [-0.4, -0.2) is 17.5 Å². The minimum Gasteiger partial charge on any atom is -0.493 e. The van der Waals surface area contributed by atoms with Crippen LogP contribution in [-0.2, 0) is 11.2 Å². The van der Waals surface area contributed by atoms with E-state index in [-0.39, 0.29) is 24.5 Å². The van der Waals surface area contributed by atoms with Crippen molar-refractivity contribution in [2.24, 2.45) is 0 Å². The summed E-state index contributed by atoms with van der Waals surface area (Å²) in [5.41, 5.74) is 0.963. The third-order valence-electron chi connectivity index (χ3n) is 3.19. The molecule has 0 unspecified atom stereocenters. The smallest absolute Gasteiger partial charge is 0.314 e. The van der Waals surface area contributed by atoms with Gasteiger partial charge in [0, 0.05) is 6.07 Å². The van der Waals surface area contributed by atoms with Gasteiger partial charge in [0.1, 0.15) is 5.75 Å². The van der Waals surface area contributed by atoms with Gasteiger partial charge in [-0.1, -0.05) is 31.2 Å². The third kappa shape index (κ3) is 4.81. The molecule has 0 aliphatic heterocycles. The summed E-state index contributed by atoms with van der Waals surface area (Å²) < 4.78 is 10.5. The summed E-state index contributed by atoms with van der Waals surface area (Å²) >= 11 is 0. The van der Waals surface area contributed by atoms with Gasteiger partial charge in [0.25, 0.3) is 0 Å². The standard InChI is InChI=1S/C17H17NO5/c1-2-13-7-9-14(10-8-13)22-12-11-17(19)23-16-6-4-3-5-15(16)18(20)21/h3-10H,2,11-12H2,1H3. The van der Waals surface area contributed by atoms with Gasteiger partial charge in [0.2, 0.25) is 5.75 Å². The van der Waals surface area contributed by atoms with E-state index in [0.29, 0.717) is 5.75 Å². The Hall–Kier alpha value is -2.89. The van der Waals surface area contributed by atoms with Gasteiger partial charge in [-0.25, -0.2) is 0 Å². The topological polar surface area (TPSA) is 78.7 Å². The van der Waals surface area contributed by atoms with E-state index in [1.54, 1.807) is 6.07 Å². The Balaban J connectivity index is 1.84. The van der Waals surface area contributed by atoms with Gasteiger partial charge < -0.3 is 9.47 Å². The van der Waals surface area contributed by atoms with Crippen molar-refractivity contribution >= 4 is 11.7 Å². The number of aryl methyl sites for hydroxylation is 1. The van der Waals surface area contributed by atoms with Gasteiger partial charge in [0.05, 0.1) is 18.0 Å². The van der Waals surface area contributed by atoms with Gasteiger partial charge in [-0.3, -0.25) is 14.9 Å². The van der Waals surface area contributed by atoms with Crippen molar-refractivity contribution in [3.05, 3.63) is 64.2 Å². The molecule has 0 aliphatic carbocycles. The molecule has 0 spiro atoms. The predicted octanol–water partition coefficient (Wildman–Crippen LogP) is 3.53. The van der Waals surface area contributed by atoms with Crippen LogP contribution in [0.2, 0.25) is 0 Å². The number of hydrogen-bond acceptors (Lipinski definition) is 5. The predicted molar refractivity (Wildman–Crippen MR) is 84.7 cm³/mol. The molecule has 0 atom stereocenters. The zero-order chi connectivity index (χ0) is 16.7. The number of nitro benzene ring substituents is 1. The first-order valence-electron chi connectivity index (χ1n) is 7.26. The normalized spacial score (nSPS) is 10.1. The average molecular weight is 315 g/mol. The average Bonchev–Trinajstić information content (AvgIpc) is 2.56. The van der Waals surface area contributed by atoms with E-state index in [2.05, 4.69) is 6.92 Å². The lowest BCUT2D eigenvalue weighted by Gasteiger charge is -2.07. The Kier molecular flexibility index (Phi) is 5.68. The number of ether oxygens (including phenoxy) is 2. The molecule has 2 aromatic rings. The molecule has 0 aliphatic rings. The number of nitro groups is 1.